The third kappa shape index (κ3) is 3.38. The van der Waals surface area contributed by atoms with Crippen molar-refractivity contribution < 1.29 is 4.79 Å². The van der Waals surface area contributed by atoms with Gasteiger partial charge in [-0.1, -0.05) is 20.3 Å². The molecule has 0 saturated carbocycles. The molecule has 0 aliphatic rings. The third-order valence-electron chi connectivity index (χ3n) is 2.20. The van der Waals surface area contributed by atoms with E-state index in [0.29, 0.717) is 5.69 Å². The normalized spacial score (nSPS) is 10.3. The summed E-state index contributed by atoms with van der Waals surface area (Å²) in [5.41, 5.74) is 0.660. The SMILES string of the molecule is CCCCNC(=O)c1ccnn1CCC. The lowest BCUT2D eigenvalue weighted by Crippen LogP contribution is -2.27. The van der Waals surface area contributed by atoms with Gasteiger partial charge in [-0.2, -0.15) is 5.10 Å². The van der Waals surface area contributed by atoms with E-state index in [4.69, 9.17) is 0 Å². The second-order valence-electron chi connectivity index (χ2n) is 3.55. The molecule has 0 aliphatic carbocycles. The third-order valence-corrected chi connectivity index (χ3v) is 2.20. The van der Waals surface area contributed by atoms with Crippen LogP contribution < -0.4 is 5.32 Å². The van der Waals surface area contributed by atoms with Gasteiger partial charge in [0.25, 0.3) is 5.91 Å². The number of hydrogen-bond donors (Lipinski definition) is 1. The molecule has 0 bridgehead atoms. The van der Waals surface area contributed by atoms with Crippen LogP contribution in [-0.2, 0) is 6.54 Å². The highest BCUT2D eigenvalue weighted by Gasteiger charge is 2.09. The first-order chi connectivity index (χ1) is 7.29. The lowest BCUT2D eigenvalue weighted by molar-refractivity contribution is 0.0942. The number of hydrogen-bond acceptors (Lipinski definition) is 2. The minimum absolute atomic E-state index is 0.0191. The maximum absolute atomic E-state index is 11.7. The predicted octanol–water partition coefficient (Wildman–Crippen LogP) is 1.82. The maximum atomic E-state index is 11.7. The molecular formula is C11H19N3O. The Morgan fingerprint density at radius 1 is 1.47 bits per heavy atom. The highest BCUT2D eigenvalue weighted by atomic mass is 16.2. The Labute approximate surface area is 90.7 Å². The minimum atomic E-state index is -0.0191. The Balaban J connectivity index is 2.53. The Morgan fingerprint density at radius 3 is 2.93 bits per heavy atom. The second kappa shape index (κ2) is 6.22. The van der Waals surface area contributed by atoms with Gasteiger partial charge in [0.1, 0.15) is 5.69 Å². The molecule has 0 radical (unpaired) electrons. The first-order valence-corrected chi connectivity index (χ1v) is 5.59. The van der Waals surface area contributed by atoms with Gasteiger partial charge < -0.3 is 5.32 Å². The number of nitrogens with zero attached hydrogens (tertiary/aromatic N) is 2. The highest BCUT2D eigenvalue weighted by Crippen LogP contribution is 2.00. The summed E-state index contributed by atoms with van der Waals surface area (Å²) in [7, 11) is 0. The van der Waals surface area contributed by atoms with Crippen LogP contribution in [-0.4, -0.2) is 22.2 Å². The molecule has 1 aromatic rings. The molecule has 84 valence electrons. The van der Waals surface area contributed by atoms with Crippen LogP contribution in [0.2, 0.25) is 0 Å². The number of amides is 1. The molecule has 0 spiro atoms. The summed E-state index contributed by atoms with van der Waals surface area (Å²) in [4.78, 5) is 11.7. The van der Waals surface area contributed by atoms with Crippen LogP contribution in [0.3, 0.4) is 0 Å². The summed E-state index contributed by atoms with van der Waals surface area (Å²) in [6.45, 7) is 5.71. The molecule has 0 atom stereocenters. The standard InChI is InChI=1S/C11H19N3O/c1-3-5-7-12-11(15)10-6-8-13-14(10)9-4-2/h6,8H,3-5,7,9H2,1-2H3,(H,12,15). The van der Waals surface area contributed by atoms with E-state index in [9.17, 15) is 4.79 Å². The Bertz CT molecular complexity index is 307. The summed E-state index contributed by atoms with van der Waals surface area (Å²) in [6.07, 6.45) is 4.77. The fraction of sp³-hybridized carbons (Fsp3) is 0.636. The van der Waals surface area contributed by atoms with E-state index >= 15 is 0 Å². The lowest BCUT2D eigenvalue weighted by atomic mass is 10.3. The molecule has 1 aromatic heterocycles. The molecule has 4 heteroatoms. The fourth-order valence-corrected chi connectivity index (χ4v) is 1.38. The molecule has 0 unspecified atom stereocenters. The summed E-state index contributed by atoms with van der Waals surface area (Å²) < 4.78 is 1.75. The van der Waals surface area contributed by atoms with E-state index in [1.54, 1.807) is 16.9 Å². The zero-order valence-electron chi connectivity index (χ0n) is 9.49. The molecule has 15 heavy (non-hydrogen) atoms. The smallest absolute Gasteiger partial charge is 0.269 e. The van der Waals surface area contributed by atoms with Crippen molar-refractivity contribution in [3.05, 3.63) is 18.0 Å². The first-order valence-electron chi connectivity index (χ1n) is 5.59. The topological polar surface area (TPSA) is 46.9 Å². The van der Waals surface area contributed by atoms with Crippen molar-refractivity contribution in [3.8, 4) is 0 Å². The van der Waals surface area contributed by atoms with Crippen molar-refractivity contribution in [2.75, 3.05) is 6.54 Å². The molecule has 0 aromatic carbocycles. The molecule has 0 saturated heterocycles. The van der Waals surface area contributed by atoms with Gasteiger partial charge in [-0.25, -0.2) is 0 Å². The zero-order chi connectivity index (χ0) is 11.1. The van der Waals surface area contributed by atoms with Crippen LogP contribution in [0.5, 0.6) is 0 Å². The fourth-order valence-electron chi connectivity index (χ4n) is 1.38. The van der Waals surface area contributed by atoms with E-state index in [1.807, 2.05) is 0 Å². The molecule has 1 N–H and O–H groups in total. The maximum Gasteiger partial charge on any atom is 0.269 e. The quantitative estimate of drug-likeness (QED) is 0.726. The second-order valence-corrected chi connectivity index (χ2v) is 3.55. The predicted molar refractivity (Wildman–Crippen MR) is 59.8 cm³/mol. The van der Waals surface area contributed by atoms with Crippen LogP contribution in [0, 0.1) is 0 Å². The van der Waals surface area contributed by atoms with Crippen molar-refractivity contribution in [1.29, 1.82) is 0 Å². The van der Waals surface area contributed by atoms with Crippen molar-refractivity contribution in [2.24, 2.45) is 0 Å². The number of nitrogens with one attached hydrogen (secondary N) is 1. The first kappa shape index (κ1) is 11.8. The van der Waals surface area contributed by atoms with Gasteiger partial charge >= 0.3 is 0 Å². The van der Waals surface area contributed by atoms with Gasteiger partial charge in [0, 0.05) is 19.3 Å². The van der Waals surface area contributed by atoms with Gasteiger partial charge in [-0.3, -0.25) is 9.48 Å². The van der Waals surface area contributed by atoms with E-state index in [1.165, 1.54) is 0 Å². The van der Waals surface area contributed by atoms with Gasteiger partial charge in [-0.15, -0.1) is 0 Å². The largest absolute Gasteiger partial charge is 0.351 e. The van der Waals surface area contributed by atoms with Gasteiger partial charge in [-0.05, 0) is 18.9 Å². The number of aryl methyl sites for hydroxylation is 1. The number of rotatable bonds is 6. The summed E-state index contributed by atoms with van der Waals surface area (Å²) in [5.74, 6) is -0.0191. The van der Waals surface area contributed by atoms with Crippen LogP contribution in [0.15, 0.2) is 12.3 Å². The van der Waals surface area contributed by atoms with Gasteiger partial charge in [0.05, 0.1) is 0 Å². The van der Waals surface area contributed by atoms with E-state index in [0.717, 1.165) is 32.4 Å². The Kier molecular flexibility index (Phi) is 4.87. The zero-order valence-corrected chi connectivity index (χ0v) is 9.49. The molecule has 0 aliphatic heterocycles. The Morgan fingerprint density at radius 2 is 2.27 bits per heavy atom. The van der Waals surface area contributed by atoms with Crippen molar-refractivity contribution in [3.63, 3.8) is 0 Å². The number of aromatic nitrogens is 2. The summed E-state index contributed by atoms with van der Waals surface area (Å²) >= 11 is 0. The monoisotopic (exact) mass is 209 g/mol. The molecule has 4 nitrogen and oxygen atoms in total. The summed E-state index contributed by atoms with van der Waals surface area (Å²) in [6, 6.07) is 1.76. The minimum Gasteiger partial charge on any atom is -0.351 e. The molecule has 0 fully saturated rings. The van der Waals surface area contributed by atoms with Crippen LogP contribution in [0.1, 0.15) is 43.6 Å². The van der Waals surface area contributed by atoms with E-state index < -0.39 is 0 Å². The molecule has 1 rings (SSSR count). The summed E-state index contributed by atoms with van der Waals surface area (Å²) in [5, 5.41) is 7.00. The Hall–Kier alpha value is -1.32. The number of carbonyl (C=O) groups is 1. The van der Waals surface area contributed by atoms with Crippen molar-refractivity contribution >= 4 is 5.91 Å². The highest BCUT2D eigenvalue weighted by molar-refractivity contribution is 5.92. The van der Waals surface area contributed by atoms with Gasteiger partial charge in [0.15, 0.2) is 0 Å². The van der Waals surface area contributed by atoms with Crippen molar-refractivity contribution in [2.45, 2.75) is 39.7 Å². The van der Waals surface area contributed by atoms with E-state index in [2.05, 4.69) is 24.3 Å². The lowest BCUT2D eigenvalue weighted by Gasteiger charge is -2.06. The number of unbranched alkanes of at least 4 members (excludes halogenated alkanes) is 1. The average molecular weight is 209 g/mol. The molecular weight excluding hydrogens is 190 g/mol. The average Bonchev–Trinajstić information content (AvgIpc) is 2.67. The van der Waals surface area contributed by atoms with Crippen LogP contribution >= 0.6 is 0 Å². The number of carbonyl (C=O) groups excluding carboxylic acids is 1. The van der Waals surface area contributed by atoms with Crippen LogP contribution in [0.4, 0.5) is 0 Å². The van der Waals surface area contributed by atoms with Crippen molar-refractivity contribution in [1.82, 2.24) is 15.1 Å². The van der Waals surface area contributed by atoms with Gasteiger partial charge in [0.2, 0.25) is 0 Å². The molecule has 1 heterocycles. The van der Waals surface area contributed by atoms with Crippen LogP contribution in [0.25, 0.3) is 0 Å². The van der Waals surface area contributed by atoms with E-state index in [-0.39, 0.29) is 5.91 Å². The molecule has 1 amide bonds.